The molecule has 0 radical (unpaired) electrons. The van der Waals surface area contributed by atoms with Crippen LogP contribution in [0.2, 0.25) is 0 Å². The fourth-order valence-electron chi connectivity index (χ4n) is 6.06. The van der Waals surface area contributed by atoms with Crippen LogP contribution in [0.4, 0.5) is 17.5 Å². The van der Waals surface area contributed by atoms with Gasteiger partial charge in [0.25, 0.3) is 11.8 Å². The zero-order valence-electron chi connectivity index (χ0n) is 24.5. The Morgan fingerprint density at radius 3 is 2.65 bits per heavy atom. The highest BCUT2D eigenvalue weighted by atomic mass is 16.5. The lowest BCUT2D eigenvalue weighted by Gasteiger charge is -2.50. The van der Waals surface area contributed by atoms with Crippen LogP contribution in [-0.4, -0.2) is 102 Å². The monoisotopic (exact) mass is 549 g/mol. The van der Waals surface area contributed by atoms with Crippen LogP contribution in [-0.2, 0) is 16.0 Å². The zero-order valence-corrected chi connectivity index (χ0v) is 24.5. The molecule has 0 saturated carbocycles. The van der Waals surface area contributed by atoms with Gasteiger partial charge in [-0.05, 0) is 64.7 Å². The van der Waals surface area contributed by atoms with Crippen molar-refractivity contribution in [1.29, 1.82) is 0 Å². The third kappa shape index (κ3) is 5.78. The van der Waals surface area contributed by atoms with Crippen LogP contribution in [0.5, 0.6) is 0 Å². The lowest BCUT2D eigenvalue weighted by atomic mass is 9.88. The summed E-state index contributed by atoms with van der Waals surface area (Å²) in [5.41, 5.74) is 2.40. The molecule has 5 rings (SSSR count). The van der Waals surface area contributed by atoms with Gasteiger partial charge in [-0.15, -0.1) is 0 Å². The van der Waals surface area contributed by atoms with Gasteiger partial charge in [-0.1, -0.05) is 12.1 Å². The van der Waals surface area contributed by atoms with Crippen LogP contribution < -0.4 is 15.1 Å². The molecule has 0 aliphatic carbocycles. The van der Waals surface area contributed by atoms with Crippen molar-refractivity contribution >= 4 is 29.3 Å². The van der Waals surface area contributed by atoms with Crippen molar-refractivity contribution in [2.45, 2.75) is 64.7 Å². The molecule has 0 unspecified atom stereocenters. The van der Waals surface area contributed by atoms with Gasteiger partial charge >= 0.3 is 0 Å². The van der Waals surface area contributed by atoms with Gasteiger partial charge in [-0.25, -0.2) is 4.98 Å². The highest BCUT2D eigenvalue weighted by Crippen LogP contribution is 2.34. The number of piperidine rings is 1. The Hall–Kier alpha value is -3.24. The molecule has 2 aromatic rings. The van der Waals surface area contributed by atoms with Crippen molar-refractivity contribution in [2.24, 2.45) is 0 Å². The number of aromatic nitrogens is 2. The topological polar surface area (TPSA) is 94.1 Å². The minimum absolute atomic E-state index is 0.0727. The number of carbonyl (C=O) groups excluding carboxylic acids is 2. The van der Waals surface area contributed by atoms with Crippen LogP contribution in [0.15, 0.2) is 30.5 Å². The number of likely N-dealkylation sites (N-methyl/N-ethyl adjacent to an activating group) is 1. The van der Waals surface area contributed by atoms with Crippen LogP contribution >= 0.6 is 0 Å². The van der Waals surface area contributed by atoms with Gasteiger partial charge in [0.1, 0.15) is 17.5 Å². The maximum atomic E-state index is 13.6. The average molecular weight is 550 g/mol. The second kappa shape index (κ2) is 11.7. The third-order valence-corrected chi connectivity index (χ3v) is 8.45. The molecule has 0 bridgehead atoms. The molecule has 2 saturated heterocycles. The maximum absolute atomic E-state index is 13.6. The number of likely N-dealkylation sites (tertiary alicyclic amines) is 1. The molecule has 1 atom stereocenters. The first-order chi connectivity index (χ1) is 19.2. The van der Waals surface area contributed by atoms with E-state index in [0.29, 0.717) is 37.0 Å². The van der Waals surface area contributed by atoms with E-state index >= 15 is 0 Å². The van der Waals surface area contributed by atoms with Crippen molar-refractivity contribution < 1.29 is 14.3 Å². The Kier molecular flexibility index (Phi) is 8.28. The normalized spacial score (nSPS) is 21.6. The number of fused-ring (bicyclic) bond motifs is 1. The molecule has 1 spiro atoms. The van der Waals surface area contributed by atoms with E-state index in [2.05, 4.69) is 46.2 Å². The van der Waals surface area contributed by atoms with Crippen molar-refractivity contribution in [3.05, 3.63) is 41.6 Å². The fraction of sp³-hybridized carbons (Fsp3) is 0.600. The third-order valence-electron chi connectivity index (χ3n) is 8.45. The van der Waals surface area contributed by atoms with Gasteiger partial charge in [0.2, 0.25) is 5.95 Å². The first-order valence-electron chi connectivity index (χ1n) is 14.6. The predicted octanol–water partition coefficient (Wildman–Crippen LogP) is 3.04. The number of hydrogen-bond acceptors (Lipinski definition) is 8. The molecule has 10 nitrogen and oxygen atoms in total. The lowest BCUT2D eigenvalue weighted by molar-refractivity contribution is -0.192. The number of benzene rings is 1. The molecule has 2 amide bonds. The number of anilines is 3. The van der Waals surface area contributed by atoms with E-state index in [4.69, 9.17) is 4.74 Å². The number of nitrogens with one attached hydrogen (secondary N) is 1. The van der Waals surface area contributed by atoms with Crippen molar-refractivity contribution in [3.63, 3.8) is 0 Å². The zero-order chi connectivity index (χ0) is 28.4. The minimum Gasteiger partial charge on any atom is -0.360 e. The summed E-state index contributed by atoms with van der Waals surface area (Å²) in [6.45, 7) is 13.6. The van der Waals surface area contributed by atoms with Gasteiger partial charge in [-0.2, -0.15) is 4.98 Å². The van der Waals surface area contributed by atoms with E-state index in [1.54, 1.807) is 6.20 Å². The van der Waals surface area contributed by atoms with E-state index in [0.717, 1.165) is 51.1 Å². The van der Waals surface area contributed by atoms with E-state index < -0.39 is 0 Å². The number of ether oxygens (including phenoxy) is 1. The van der Waals surface area contributed by atoms with Crippen LogP contribution in [0.25, 0.3) is 0 Å². The van der Waals surface area contributed by atoms with Crippen molar-refractivity contribution in [3.8, 4) is 0 Å². The molecule has 1 aromatic heterocycles. The highest BCUT2D eigenvalue weighted by Gasteiger charge is 2.45. The van der Waals surface area contributed by atoms with Crippen molar-refractivity contribution in [1.82, 2.24) is 19.8 Å². The minimum atomic E-state index is -0.375. The van der Waals surface area contributed by atoms with Gasteiger partial charge < -0.3 is 29.7 Å². The Bertz CT molecular complexity index is 1230. The summed E-state index contributed by atoms with van der Waals surface area (Å²) in [6.07, 6.45) is 4.03. The Morgan fingerprint density at radius 2 is 1.93 bits per heavy atom. The Morgan fingerprint density at radius 1 is 1.15 bits per heavy atom. The summed E-state index contributed by atoms with van der Waals surface area (Å²) in [5.74, 6) is 1.23. The number of nitrogens with zero attached hydrogens (tertiary/aromatic N) is 6. The van der Waals surface area contributed by atoms with E-state index in [-0.39, 0.29) is 29.6 Å². The molecule has 1 N–H and O–H groups in total. The molecule has 10 heteroatoms. The average Bonchev–Trinajstić information content (AvgIpc) is 3.06. The summed E-state index contributed by atoms with van der Waals surface area (Å²) in [6, 6.07) is 8.52. The van der Waals surface area contributed by atoms with E-state index in [1.807, 2.05) is 47.7 Å². The van der Waals surface area contributed by atoms with Crippen LogP contribution in [0, 0.1) is 0 Å². The maximum Gasteiger partial charge on any atom is 0.263 e. The van der Waals surface area contributed by atoms with E-state index in [1.165, 1.54) is 5.56 Å². The summed E-state index contributed by atoms with van der Waals surface area (Å²) >= 11 is 0. The summed E-state index contributed by atoms with van der Waals surface area (Å²) in [4.78, 5) is 43.4. The number of amides is 2. The van der Waals surface area contributed by atoms with Crippen LogP contribution in [0.1, 0.15) is 56.5 Å². The first kappa shape index (κ1) is 28.3. The SMILES string of the molecule is CCNc1ncc2c(n1)N(C)CCN(c1cccc(CCN3CCC4(CC3)CN(C(C)C)C(=O)[C@@H](C)O4)c1)C2=O. The van der Waals surface area contributed by atoms with Crippen molar-refractivity contribution in [2.75, 3.05) is 68.0 Å². The first-order valence-corrected chi connectivity index (χ1v) is 14.6. The second-order valence-corrected chi connectivity index (χ2v) is 11.6. The largest absolute Gasteiger partial charge is 0.360 e. The lowest BCUT2D eigenvalue weighted by Crippen LogP contribution is -2.62. The number of hydrogen-bond donors (Lipinski definition) is 1. The molecule has 2 fully saturated rings. The predicted molar refractivity (Wildman–Crippen MR) is 157 cm³/mol. The summed E-state index contributed by atoms with van der Waals surface area (Å²) in [5, 5.41) is 3.13. The summed E-state index contributed by atoms with van der Waals surface area (Å²) in [7, 11) is 1.97. The smallest absolute Gasteiger partial charge is 0.263 e. The number of carbonyl (C=O) groups is 2. The molecule has 3 aliphatic rings. The highest BCUT2D eigenvalue weighted by molar-refractivity contribution is 6.09. The Labute approximate surface area is 237 Å². The quantitative estimate of drug-likeness (QED) is 0.563. The van der Waals surface area contributed by atoms with Gasteiger partial charge in [0, 0.05) is 64.2 Å². The molecule has 1 aromatic carbocycles. The van der Waals surface area contributed by atoms with Gasteiger partial charge in [0.15, 0.2) is 0 Å². The molecule has 216 valence electrons. The fourth-order valence-corrected chi connectivity index (χ4v) is 6.06. The van der Waals surface area contributed by atoms with Crippen LogP contribution in [0.3, 0.4) is 0 Å². The molecule has 4 heterocycles. The van der Waals surface area contributed by atoms with E-state index in [9.17, 15) is 9.59 Å². The second-order valence-electron chi connectivity index (χ2n) is 11.6. The standard InChI is InChI=1S/C30H43N7O3/c1-6-31-29-32-19-25-26(33-29)34(5)16-17-36(28(25)39)24-9-7-8-23(18-24)10-13-35-14-11-30(12-15-35)20-37(21(2)3)27(38)22(4)40-30/h7-9,18-19,21-22H,6,10-17,20H2,1-5H3,(H,31,32,33)/t22-/m1/s1. The number of rotatable bonds is 7. The van der Waals surface area contributed by atoms with Gasteiger partial charge in [-0.3, -0.25) is 9.59 Å². The van der Waals surface area contributed by atoms with Gasteiger partial charge in [0.05, 0.1) is 12.1 Å². The molecular weight excluding hydrogens is 506 g/mol. The Balaban J connectivity index is 1.21. The molecule has 3 aliphatic heterocycles. The summed E-state index contributed by atoms with van der Waals surface area (Å²) < 4.78 is 6.30. The molecular formula is C30H43N7O3. The number of morpholine rings is 1. The molecule has 40 heavy (non-hydrogen) atoms.